The third-order valence-corrected chi connectivity index (χ3v) is 2.64. The maximum atomic E-state index is 10.8. The molecular weight excluding hydrogens is 220 g/mol. The van der Waals surface area contributed by atoms with Crippen LogP contribution in [-0.4, -0.2) is 25.3 Å². The monoisotopic (exact) mass is 236 g/mol. The number of urea groups is 1. The minimum absolute atomic E-state index is 0.0949. The van der Waals surface area contributed by atoms with Crippen LogP contribution in [0.15, 0.2) is 18.2 Å². The maximum absolute atomic E-state index is 10.8. The number of primary amides is 1. The van der Waals surface area contributed by atoms with Crippen LogP contribution >= 0.6 is 0 Å². The number of carbonyl (C=O) groups excluding carboxylic acids is 1. The van der Waals surface area contributed by atoms with E-state index in [0.717, 1.165) is 24.3 Å². The van der Waals surface area contributed by atoms with Crippen LogP contribution < -0.4 is 15.8 Å². The van der Waals surface area contributed by atoms with Crippen molar-refractivity contribution in [2.75, 3.05) is 18.5 Å². The fraction of sp³-hybridized carbons (Fsp3) is 0.417. The van der Waals surface area contributed by atoms with E-state index in [1.807, 2.05) is 13.0 Å². The molecule has 92 valence electrons. The zero-order valence-electron chi connectivity index (χ0n) is 9.73. The summed E-state index contributed by atoms with van der Waals surface area (Å²) in [6, 6.07) is 4.87. The van der Waals surface area contributed by atoms with E-state index in [9.17, 15) is 4.79 Å². The predicted molar refractivity (Wildman–Crippen MR) is 64.2 cm³/mol. The molecule has 0 saturated carbocycles. The number of hydrogen-bond acceptors (Lipinski definition) is 3. The largest absolute Gasteiger partial charge is 0.488 e. The smallest absolute Gasteiger partial charge is 0.316 e. The van der Waals surface area contributed by atoms with Crippen LogP contribution in [0.25, 0.3) is 0 Å². The molecule has 0 aliphatic carbocycles. The van der Waals surface area contributed by atoms with Crippen molar-refractivity contribution in [1.82, 2.24) is 0 Å². The third kappa shape index (κ3) is 3.10. The quantitative estimate of drug-likeness (QED) is 0.838. The van der Waals surface area contributed by atoms with Gasteiger partial charge >= 0.3 is 6.03 Å². The van der Waals surface area contributed by atoms with Crippen molar-refractivity contribution in [3.05, 3.63) is 23.8 Å². The van der Waals surface area contributed by atoms with E-state index in [1.54, 1.807) is 12.1 Å². The van der Waals surface area contributed by atoms with Crippen LogP contribution in [0.2, 0.25) is 0 Å². The summed E-state index contributed by atoms with van der Waals surface area (Å²) in [5, 5.41) is 2.52. The van der Waals surface area contributed by atoms with Crippen molar-refractivity contribution in [2.24, 2.45) is 5.73 Å². The van der Waals surface area contributed by atoms with Crippen molar-refractivity contribution in [3.8, 4) is 5.75 Å². The standard InChI is InChI=1S/C12H16N2O3/c1-8-2-3-9(14-12(13)15)6-11(8)17-10-4-5-16-7-10/h2-3,6,10H,4-5,7H2,1H3,(H3,13,14,15)/t10-/m0/s1. The van der Waals surface area contributed by atoms with Gasteiger partial charge in [-0.25, -0.2) is 4.79 Å². The highest BCUT2D eigenvalue weighted by molar-refractivity contribution is 5.88. The number of nitrogens with one attached hydrogen (secondary N) is 1. The van der Waals surface area contributed by atoms with E-state index < -0.39 is 6.03 Å². The fourth-order valence-electron chi connectivity index (χ4n) is 1.73. The Morgan fingerprint density at radius 2 is 2.41 bits per heavy atom. The lowest BCUT2D eigenvalue weighted by Gasteiger charge is -2.15. The molecule has 1 aliphatic heterocycles. The number of carbonyl (C=O) groups is 1. The number of rotatable bonds is 3. The molecule has 1 heterocycles. The Bertz CT molecular complexity index is 414. The minimum Gasteiger partial charge on any atom is -0.488 e. The summed E-state index contributed by atoms with van der Waals surface area (Å²) in [6.07, 6.45) is 0.991. The first-order chi connectivity index (χ1) is 8.15. The van der Waals surface area contributed by atoms with E-state index in [4.69, 9.17) is 15.2 Å². The molecule has 1 aliphatic rings. The number of aryl methyl sites for hydroxylation is 1. The molecule has 0 radical (unpaired) electrons. The third-order valence-electron chi connectivity index (χ3n) is 2.64. The van der Waals surface area contributed by atoms with E-state index in [-0.39, 0.29) is 6.10 Å². The zero-order valence-corrected chi connectivity index (χ0v) is 9.73. The highest BCUT2D eigenvalue weighted by Gasteiger charge is 2.18. The van der Waals surface area contributed by atoms with Gasteiger partial charge < -0.3 is 20.5 Å². The highest BCUT2D eigenvalue weighted by Crippen LogP contribution is 2.25. The van der Waals surface area contributed by atoms with Crippen LogP contribution in [0.1, 0.15) is 12.0 Å². The van der Waals surface area contributed by atoms with Crippen LogP contribution in [-0.2, 0) is 4.74 Å². The Morgan fingerprint density at radius 1 is 1.59 bits per heavy atom. The van der Waals surface area contributed by atoms with Crippen LogP contribution in [0.4, 0.5) is 10.5 Å². The van der Waals surface area contributed by atoms with Crippen molar-refractivity contribution in [1.29, 1.82) is 0 Å². The lowest BCUT2D eigenvalue weighted by Crippen LogP contribution is -2.20. The van der Waals surface area contributed by atoms with Gasteiger partial charge in [-0.2, -0.15) is 0 Å². The second-order valence-electron chi connectivity index (χ2n) is 4.07. The summed E-state index contributed by atoms with van der Waals surface area (Å²) in [5.74, 6) is 0.756. The molecule has 1 aromatic rings. The summed E-state index contributed by atoms with van der Waals surface area (Å²) in [6.45, 7) is 3.31. The highest BCUT2D eigenvalue weighted by atomic mass is 16.5. The summed E-state index contributed by atoms with van der Waals surface area (Å²) >= 11 is 0. The summed E-state index contributed by atoms with van der Waals surface area (Å²) in [7, 11) is 0. The minimum atomic E-state index is -0.580. The normalized spacial score (nSPS) is 19.0. The topological polar surface area (TPSA) is 73.6 Å². The molecular formula is C12H16N2O3. The average molecular weight is 236 g/mol. The fourth-order valence-corrected chi connectivity index (χ4v) is 1.73. The number of amides is 2. The Morgan fingerprint density at radius 3 is 3.06 bits per heavy atom. The molecule has 17 heavy (non-hydrogen) atoms. The van der Waals surface area contributed by atoms with Gasteiger partial charge in [0.25, 0.3) is 0 Å². The van der Waals surface area contributed by atoms with Crippen molar-refractivity contribution < 1.29 is 14.3 Å². The first kappa shape index (κ1) is 11.7. The van der Waals surface area contributed by atoms with Crippen molar-refractivity contribution >= 4 is 11.7 Å². The maximum Gasteiger partial charge on any atom is 0.316 e. The Labute approximate surface area is 99.9 Å². The van der Waals surface area contributed by atoms with Gasteiger partial charge in [0.1, 0.15) is 11.9 Å². The van der Waals surface area contributed by atoms with Gasteiger partial charge in [0.15, 0.2) is 0 Å². The van der Waals surface area contributed by atoms with Gasteiger partial charge in [-0.05, 0) is 18.6 Å². The Hall–Kier alpha value is -1.75. The second kappa shape index (κ2) is 5.05. The lowest BCUT2D eigenvalue weighted by molar-refractivity contribution is 0.141. The number of anilines is 1. The number of nitrogens with two attached hydrogens (primary N) is 1. The lowest BCUT2D eigenvalue weighted by atomic mass is 10.2. The zero-order chi connectivity index (χ0) is 12.3. The molecule has 2 rings (SSSR count). The van der Waals surface area contributed by atoms with Crippen LogP contribution in [0.5, 0.6) is 5.75 Å². The molecule has 0 aromatic heterocycles. The Balaban J connectivity index is 2.10. The van der Waals surface area contributed by atoms with E-state index in [2.05, 4.69) is 5.32 Å². The molecule has 2 amide bonds. The molecule has 1 atom stereocenters. The summed E-state index contributed by atoms with van der Waals surface area (Å²) in [5.41, 5.74) is 6.72. The van der Waals surface area contributed by atoms with Gasteiger partial charge in [0, 0.05) is 18.2 Å². The van der Waals surface area contributed by atoms with Crippen molar-refractivity contribution in [3.63, 3.8) is 0 Å². The van der Waals surface area contributed by atoms with Gasteiger partial charge in [-0.1, -0.05) is 6.07 Å². The molecule has 0 spiro atoms. The molecule has 1 fully saturated rings. The molecule has 0 bridgehead atoms. The molecule has 0 unspecified atom stereocenters. The molecule has 5 nitrogen and oxygen atoms in total. The summed E-state index contributed by atoms with van der Waals surface area (Å²) in [4.78, 5) is 10.8. The van der Waals surface area contributed by atoms with E-state index in [1.165, 1.54) is 0 Å². The number of benzene rings is 1. The average Bonchev–Trinajstić information content (AvgIpc) is 2.75. The van der Waals surface area contributed by atoms with Crippen LogP contribution in [0, 0.1) is 6.92 Å². The number of hydrogen-bond donors (Lipinski definition) is 2. The Kier molecular flexibility index (Phi) is 3.49. The summed E-state index contributed by atoms with van der Waals surface area (Å²) < 4.78 is 11.1. The van der Waals surface area contributed by atoms with Gasteiger partial charge in [-0.15, -0.1) is 0 Å². The molecule has 5 heteroatoms. The van der Waals surface area contributed by atoms with Gasteiger partial charge in [0.05, 0.1) is 13.2 Å². The SMILES string of the molecule is Cc1ccc(NC(N)=O)cc1O[C@H]1CCOC1. The van der Waals surface area contributed by atoms with E-state index in [0.29, 0.717) is 12.3 Å². The van der Waals surface area contributed by atoms with Crippen LogP contribution in [0.3, 0.4) is 0 Å². The van der Waals surface area contributed by atoms with Crippen molar-refractivity contribution in [2.45, 2.75) is 19.4 Å². The van der Waals surface area contributed by atoms with E-state index >= 15 is 0 Å². The number of ether oxygens (including phenoxy) is 2. The second-order valence-corrected chi connectivity index (χ2v) is 4.07. The first-order valence-corrected chi connectivity index (χ1v) is 5.56. The first-order valence-electron chi connectivity index (χ1n) is 5.56. The molecule has 3 N–H and O–H groups in total. The van der Waals surface area contributed by atoms with Gasteiger partial charge in [-0.3, -0.25) is 0 Å². The molecule has 1 aromatic carbocycles. The predicted octanol–water partition coefficient (Wildman–Crippen LogP) is 1.65. The molecule has 1 saturated heterocycles. The van der Waals surface area contributed by atoms with Gasteiger partial charge in [0.2, 0.25) is 0 Å².